The van der Waals surface area contributed by atoms with Crippen LogP contribution in [-0.2, 0) is 6.18 Å². The molecule has 6 rings (SSSR count). The molecular weight excluding hydrogens is 469 g/mol. The number of aliphatic imine (C=N–C) groups is 3. The molecule has 36 heavy (non-hydrogen) atoms. The number of amides is 2. The van der Waals surface area contributed by atoms with Crippen LogP contribution in [0.25, 0.3) is 0 Å². The number of nitrogens with two attached hydrogens (primary N) is 1. The van der Waals surface area contributed by atoms with Crippen LogP contribution in [0.5, 0.6) is 0 Å². The maximum atomic E-state index is 13.7. The fourth-order valence-electron chi connectivity index (χ4n) is 4.70. The van der Waals surface area contributed by atoms with Gasteiger partial charge < -0.3 is 5.73 Å². The number of dihydropyridines is 3. The molecule has 5 aliphatic rings. The van der Waals surface area contributed by atoms with Gasteiger partial charge in [-0.25, -0.2) is 9.79 Å². The van der Waals surface area contributed by atoms with Crippen LogP contribution in [0.3, 0.4) is 0 Å². The molecule has 2 N–H and O–H groups in total. The van der Waals surface area contributed by atoms with Crippen LogP contribution in [0.2, 0.25) is 0 Å². The van der Waals surface area contributed by atoms with Crippen LogP contribution in [0, 0.1) is 0 Å². The van der Waals surface area contributed by atoms with Crippen LogP contribution >= 0.6 is 0 Å². The zero-order valence-electron chi connectivity index (χ0n) is 19.3. The van der Waals surface area contributed by atoms with Crippen LogP contribution in [0.4, 0.5) is 23.7 Å². The predicted molar refractivity (Wildman–Crippen MR) is 132 cm³/mol. The van der Waals surface area contributed by atoms with Crippen molar-refractivity contribution in [2.45, 2.75) is 25.1 Å². The molecule has 182 valence electrons. The number of rotatable bonds is 1. The molecule has 1 aromatic rings. The molecule has 1 aliphatic carbocycles. The lowest BCUT2D eigenvalue weighted by molar-refractivity contribution is -0.137. The Hall–Kier alpha value is -4.21. The molecule has 4 aliphatic heterocycles. The maximum Gasteiger partial charge on any atom is 0.416 e. The van der Waals surface area contributed by atoms with E-state index in [-0.39, 0.29) is 5.69 Å². The summed E-state index contributed by atoms with van der Waals surface area (Å²) in [5, 5.41) is 0. The van der Waals surface area contributed by atoms with Gasteiger partial charge in [0.2, 0.25) is 0 Å². The number of amidine groups is 1. The van der Waals surface area contributed by atoms with E-state index in [2.05, 4.69) is 9.98 Å². The first-order valence-corrected chi connectivity index (χ1v) is 11.5. The molecule has 0 saturated heterocycles. The molecule has 7 nitrogen and oxygen atoms in total. The van der Waals surface area contributed by atoms with E-state index in [1.807, 2.05) is 18.2 Å². The highest BCUT2D eigenvalue weighted by atomic mass is 19.4. The van der Waals surface area contributed by atoms with Crippen molar-refractivity contribution >= 4 is 29.5 Å². The van der Waals surface area contributed by atoms with Crippen molar-refractivity contribution in [2.75, 3.05) is 18.5 Å². The molecule has 1 unspecified atom stereocenters. The summed E-state index contributed by atoms with van der Waals surface area (Å²) in [5.74, 6) is 0.425. The summed E-state index contributed by atoms with van der Waals surface area (Å²) >= 11 is 0. The van der Waals surface area contributed by atoms with E-state index in [0.29, 0.717) is 35.1 Å². The lowest BCUT2D eigenvalue weighted by Gasteiger charge is -2.41. The summed E-state index contributed by atoms with van der Waals surface area (Å²) in [4.78, 5) is 30.3. The predicted octanol–water partition coefficient (Wildman–Crippen LogP) is 4.52. The second kappa shape index (κ2) is 7.91. The van der Waals surface area contributed by atoms with Crippen LogP contribution in [0.15, 0.2) is 97.4 Å². The number of fused-ring (bicyclic) bond motifs is 2. The van der Waals surface area contributed by atoms with Crippen molar-refractivity contribution < 1.29 is 18.0 Å². The summed E-state index contributed by atoms with van der Waals surface area (Å²) in [6, 6.07) is 3.88. The molecule has 10 heteroatoms. The maximum absolute atomic E-state index is 13.7. The smallest absolute Gasteiger partial charge is 0.384 e. The van der Waals surface area contributed by atoms with E-state index in [1.165, 1.54) is 21.9 Å². The van der Waals surface area contributed by atoms with E-state index in [4.69, 9.17) is 10.7 Å². The summed E-state index contributed by atoms with van der Waals surface area (Å²) in [6.45, 7) is 0.354. The van der Waals surface area contributed by atoms with E-state index >= 15 is 0 Å². The first kappa shape index (κ1) is 22.3. The molecule has 1 atom stereocenters. The van der Waals surface area contributed by atoms with Gasteiger partial charge in [-0.3, -0.25) is 19.8 Å². The molecule has 2 amide bonds. The summed E-state index contributed by atoms with van der Waals surface area (Å²) in [7, 11) is 1.64. The Balaban J connectivity index is 1.56. The quantitative estimate of drug-likeness (QED) is 0.628. The number of nitrogens with zero attached hydrogens (tertiary/aromatic N) is 5. The highest BCUT2D eigenvalue weighted by Gasteiger charge is 2.43. The Bertz CT molecular complexity index is 1450. The van der Waals surface area contributed by atoms with Gasteiger partial charge in [-0.1, -0.05) is 18.2 Å². The number of urea groups is 1. The van der Waals surface area contributed by atoms with Crippen molar-refractivity contribution in [2.24, 2.45) is 20.7 Å². The zero-order chi connectivity index (χ0) is 25.2. The van der Waals surface area contributed by atoms with Gasteiger partial charge in [0.15, 0.2) is 0 Å². The van der Waals surface area contributed by atoms with Crippen molar-refractivity contribution in [1.29, 1.82) is 0 Å². The molecule has 0 bridgehead atoms. The van der Waals surface area contributed by atoms with Gasteiger partial charge in [0.1, 0.15) is 11.9 Å². The highest BCUT2D eigenvalue weighted by Crippen LogP contribution is 2.44. The fraction of sp³-hybridized carbons (Fsp3) is 0.231. The third-order valence-corrected chi connectivity index (χ3v) is 6.59. The molecule has 4 heterocycles. The highest BCUT2D eigenvalue weighted by molar-refractivity contribution is 6.22. The number of hydrogen-bond donors (Lipinski definition) is 1. The van der Waals surface area contributed by atoms with Crippen LogP contribution in [0.1, 0.15) is 18.4 Å². The number of alkyl halides is 3. The Morgan fingerprint density at radius 1 is 1.11 bits per heavy atom. The standard InChI is InChI=1S/C26H21F3N6O/c1-34-23(14-5-6-14)18-13-31-20-9-8-19(15-7-10-21(30)32-12-15)33-22(20)24(18)35(25(34)36)17-4-2-3-16(11-17)26(27,28)29/h2-4,7-11,13,20H,5-6,12H2,1H3,(H2,30,32). The largest absolute Gasteiger partial charge is 0.416 e. The topological polar surface area (TPSA) is 86.7 Å². The van der Waals surface area contributed by atoms with Gasteiger partial charge in [0.25, 0.3) is 0 Å². The second-order valence-electron chi connectivity index (χ2n) is 9.00. The van der Waals surface area contributed by atoms with Crippen molar-refractivity contribution in [3.8, 4) is 0 Å². The minimum absolute atomic E-state index is 0.115. The van der Waals surface area contributed by atoms with Gasteiger partial charge in [0, 0.05) is 18.8 Å². The number of carbonyl (C=O) groups is 1. The molecule has 1 fully saturated rings. The van der Waals surface area contributed by atoms with Crippen molar-refractivity contribution in [3.05, 3.63) is 87.9 Å². The Morgan fingerprint density at radius 2 is 1.92 bits per heavy atom. The van der Waals surface area contributed by atoms with Gasteiger partial charge in [-0.2, -0.15) is 13.2 Å². The number of allylic oxidation sites excluding steroid dienone is 3. The Kier molecular flexibility index (Phi) is 4.89. The van der Waals surface area contributed by atoms with E-state index < -0.39 is 23.8 Å². The lowest BCUT2D eigenvalue weighted by Crippen LogP contribution is -2.50. The number of benzene rings is 1. The average molecular weight is 490 g/mol. The monoisotopic (exact) mass is 490 g/mol. The molecule has 0 spiro atoms. The lowest BCUT2D eigenvalue weighted by atomic mass is 9.92. The van der Waals surface area contributed by atoms with Gasteiger partial charge in [0.05, 0.1) is 40.6 Å². The fourth-order valence-corrected chi connectivity index (χ4v) is 4.70. The third kappa shape index (κ3) is 3.60. The first-order chi connectivity index (χ1) is 17.2. The average Bonchev–Trinajstić information content (AvgIpc) is 3.70. The molecule has 0 aromatic heterocycles. The number of likely N-dealkylation sites (N-methyl/N-ethyl adjacent to an activating group) is 1. The van der Waals surface area contributed by atoms with Crippen LogP contribution in [-0.4, -0.2) is 48.3 Å². The Labute approximate surface area is 204 Å². The van der Waals surface area contributed by atoms with Gasteiger partial charge in [-0.05, 0) is 54.3 Å². The van der Waals surface area contributed by atoms with Crippen molar-refractivity contribution in [1.82, 2.24) is 4.90 Å². The van der Waals surface area contributed by atoms with Gasteiger partial charge in [-0.15, -0.1) is 0 Å². The number of anilines is 1. The molecule has 0 radical (unpaired) electrons. The van der Waals surface area contributed by atoms with E-state index in [1.54, 1.807) is 19.3 Å². The van der Waals surface area contributed by atoms with Gasteiger partial charge >= 0.3 is 12.2 Å². The summed E-state index contributed by atoms with van der Waals surface area (Å²) in [5.41, 5.74) is 10.0. The third-order valence-electron chi connectivity index (χ3n) is 6.59. The second-order valence-corrected chi connectivity index (χ2v) is 9.00. The normalized spacial score (nSPS) is 25.2. The zero-order valence-corrected chi connectivity index (χ0v) is 19.3. The minimum Gasteiger partial charge on any atom is -0.384 e. The number of carbonyl (C=O) groups excluding carboxylic acids is 1. The minimum atomic E-state index is -4.55. The number of hydrogen-bond acceptors (Lipinski definition) is 5. The molecule has 1 saturated carbocycles. The summed E-state index contributed by atoms with van der Waals surface area (Å²) in [6.07, 6.45) is 6.13. The van der Waals surface area contributed by atoms with Crippen molar-refractivity contribution in [3.63, 3.8) is 0 Å². The molecule has 1 aromatic carbocycles. The van der Waals surface area contributed by atoms with E-state index in [0.717, 1.165) is 41.8 Å². The number of halogens is 3. The molecular formula is C26H21F3N6O. The van der Waals surface area contributed by atoms with Crippen LogP contribution < -0.4 is 10.6 Å². The van der Waals surface area contributed by atoms with E-state index in [9.17, 15) is 18.0 Å². The Morgan fingerprint density at radius 3 is 2.61 bits per heavy atom. The first-order valence-electron chi connectivity index (χ1n) is 11.5. The SMILES string of the molecule is CN1C(=O)N(c2cccc(C(F)(F)F)c2)C2=C(C=NC3C=CC(=C4C=CC(N)=NC4)N=C23)C1=C1CC1. The summed E-state index contributed by atoms with van der Waals surface area (Å²) < 4.78 is 40.7.